The molecule has 0 spiro atoms. The summed E-state index contributed by atoms with van der Waals surface area (Å²) in [5.74, 6) is -0.258. The summed E-state index contributed by atoms with van der Waals surface area (Å²) in [5, 5.41) is 11.6. The topological polar surface area (TPSA) is 49.8 Å². The number of nitrogens with zero attached hydrogens (tertiary/aromatic N) is 1. The lowest BCUT2D eigenvalue weighted by Crippen LogP contribution is -2.53. The fraction of sp³-hybridized carbons (Fsp3) is 0.458. The SMILES string of the molecule is O=C(O[C@H]1CN2CCC1CC2)[C@](O)(c1ccccc1)c1ccc(CCCF)cc1. The number of hydrogen-bond acceptors (Lipinski definition) is 4. The Morgan fingerprint density at radius 1 is 1.07 bits per heavy atom. The van der Waals surface area contributed by atoms with Crippen LogP contribution >= 0.6 is 0 Å². The summed E-state index contributed by atoms with van der Waals surface area (Å²) in [5.41, 5.74) is 0.0700. The van der Waals surface area contributed by atoms with Crippen LogP contribution in [0.2, 0.25) is 0 Å². The van der Waals surface area contributed by atoms with Gasteiger partial charge in [-0.15, -0.1) is 0 Å². The van der Waals surface area contributed by atoms with Gasteiger partial charge in [-0.2, -0.15) is 0 Å². The zero-order chi connectivity index (χ0) is 20.3. The summed E-state index contributed by atoms with van der Waals surface area (Å²) in [7, 11) is 0. The molecule has 2 atom stereocenters. The van der Waals surface area contributed by atoms with E-state index in [4.69, 9.17) is 4.74 Å². The molecule has 3 aliphatic rings. The second-order valence-corrected chi connectivity index (χ2v) is 8.15. The lowest BCUT2D eigenvalue weighted by atomic mass is 9.84. The van der Waals surface area contributed by atoms with Gasteiger partial charge in [-0.3, -0.25) is 9.29 Å². The van der Waals surface area contributed by atoms with Crippen LogP contribution in [0.25, 0.3) is 0 Å². The van der Waals surface area contributed by atoms with Gasteiger partial charge in [-0.05, 0) is 61.4 Å². The van der Waals surface area contributed by atoms with Crippen molar-refractivity contribution in [3.05, 3.63) is 71.3 Å². The first-order chi connectivity index (χ1) is 14.1. The van der Waals surface area contributed by atoms with E-state index in [1.165, 1.54) is 0 Å². The largest absolute Gasteiger partial charge is 0.458 e. The summed E-state index contributed by atoms with van der Waals surface area (Å²) >= 11 is 0. The molecule has 29 heavy (non-hydrogen) atoms. The number of hydrogen-bond donors (Lipinski definition) is 1. The molecule has 2 aromatic rings. The minimum absolute atomic E-state index is 0.177. The van der Waals surface area contributed by atoms with E-state index < -0.39 is 11.6 Å². The number of rotatable bonds is 7. The number of aliphatic hydroxyl groups is 1. The van der Waals surface area contributed by atoms with Gasteiger partial charge < -0.3 is 9.84 Å². The highest BCUT2D eigenvalue weighted by Gasteiger charge is 2.45. The van der Waals surface area contributed by atoms with Crippen molar-refractivity contribution in [2.75, 3.05) is 26.3 Å². The fourth-order valence-corrected chi connectivity index (χ4v) is 4.53. The van der Waals surface area contributed by atoms with E-state index in [9.17, 15) is 14.3 Å². The Kier molecular flexibility index (Phi) is 5.97. The summed E-state index contributed by atoms with van der Waals surface area (Å²) in [4.78, 5) is 15.6. The number of piperidine rings is 3. The van der Waals surface area contributed by atoms with Gasteiger partial charge in [0.15, 0.2) is 0 Å². The summed E-state index contributed by atoms with van der Waals surface area (Å²) < 4.78 is 18.4. The number of benzene rings is 2. The van der Waals surface area contributed by atoms with Gasteiger partial charge in [0.2, 0.25) is 5.60 Å². The highest BCUT2D eigenvalue weighted by Crippen LogP contribution is 2.35. The van der Waals surface area contributed by atoms with Crippen molar-refractivity contribution in [3.63, 3.8) is 0 Å². The number of ether oxygens (including phenoxy) is 1. The van der Waals surface area contributed by atoms with Gasteiger partial charge in [-0.25, -0.2) is 4.79 Å². The highest BCUT2D eigenvalue weighted by atomic mass is 19.1. The molecule has 0 saturated carbocycles. The molecular weight excluding hydrogens is 369 g/mol. The molecule has 2 bridgehead atoms. The van der Waals surface area contributed by atoms with E-state index in [2.05, 4.69) is 4.90 Å². The minimum Gasteiger partial charge on any atom is -0.458 e. The van der Waals surface area contributed by atoms with Crippen molar-refractivity contribution >= 4 is 5.97 Å². The zero-order valence-corrected chi connectivity index (χ0v) is 16.6. The second-order valence-electron chi connectivity index (χ2n) is 8.15. The smallest absolute Gasteiger partial charge is 0.348 e. The molecule has 0 unspecified atom stereocenters. The molecule has 2 aromatic carbocycles. The Balaban J connectivity index is 1.61. The van der Waals surface area contributed by atoms with Crippen LogP contribution in [0.4, 0.5) is 4.39 Å². The first-order valence-electron chi connectivity index (χ1n) is 10.5. The van der Waals surface area contributed by atoms with E-state index in [1.54, 1.807) is 36.4 Å². The third-order valence-electron chi connectivity index (χ3n) is 6.31. The van der Waals surface area contributed by atoms with Crippen molar-refractivity contribution in [1.82, 2.24) is 4.90 Å². The van der Waals surface area contributed by atoms with E-state index in [1.807, 2.05) is 18.2 Å². The zero-order valence-electron chi connectivity index (χ0n) is 16.6. The fourth-order valence-electron chi connectivity index (χ4n) is 4.53. The van der Waals surface area contributed by atoms with E-state index in [0.717, 1.165) is 38.0 Å². The Hall–Kier alpha value is -2.24. The molecule has 3 fully saturated rings. The van der Waals surface area contributed by atoms with Gasteiger partial charge in [0.1, 0.15) is 6.10 Å². The lowest BCUT2D eigenvalue weighted by molar-refractivity contribution is -0.177. The van der Waals surface area contributed by atoms with Crippen LogP contribution in [0, 0.1) is 5.92 Å². The molecule has 3 heterocycles. The summed E-state index contributed by atoms with van der Waals surface area (Å²) in [6.45, 7) is 2.50. The molecule has 1 N–H and O–H groups in total. The average molecular weight is 397 g/mol. The summed E-state index contributed by atoms with van der Waals surface area (Å²) in [6.07, 6.45) is 2.98. The molecule has 0 radical (unpaired) electrons. The molecule has 3 saturated heterocycles. The van der Waals surface area contributed by atoms with E-state index in [0.29, 0.717) is 29.9 Å². The highest BCUT2D eigenvalue weighted by molar-refractivity contribution is 5.85. The van der Waals surface area contributed by atoms with E-state index in [-0.39, 0.29) is 12.8 Å². The van der Waals surface area contributed by atoms with Crippen LogP contribution in [0.5, 0.6) is 0 Å². The molecule has 3 aliphatic heterocycles. The Bertz CT molecular complexity index is 818. The van der Waals surface area contributed by atoms with Gasteiger partial charge in [0.05, 0.1) is 6.67 Å². The third-order valence-corrected chi connectivity index (χ3v) is 6.31. The van der Waals surface area contributed by atoms with Crippen LogP contribution in [-0.4, -0.2) is 48.4 Å². The predicted molar refractivity (Wildman–Crippen MR) is 109 cm³/mol. The maximum absolute atomic E-state index is 13.3. The monoisotopic (exact) mass is 397 g/mol. The molecule has 0 aliphatic carbocycles. The number of aryl methyl sites for hydroxylation is 1. The Morgan fingerprint density at radius 2 is 1.72 bits per heavy atom. The van der Waals surface area contributed by atoms with Crippen LogP contribution in [-0.2, 0) is 21.6 Å². The van der Waals surface area contributed by atoms with Gasteiger partial charge in [0.25, 0.3) is 0 Å². The van der Waals surface area contributed by atoms with Crippen molar-refractivity contribution in [1.29, 1.82) is 0 Å². The Labute approximate surface area is 171 Å². The first kappa shape index (κ1) is 20.0. The molecule has 4 nitrogen and oxygen atoms in total. The minimum atomic E-state index is -1.87. The van der Waals surface area contributed by atoms with Crippen molar-refractivity contribution < 1.29 is 19.0 Å². The maximum Gasteiger partial charge on any atom is 0.348 e. The van der Waals surface area contributed by atoms with Crippen LogP contribution in [0.15, 0.2) is 54.6 Å². The van der Waals surface area contributed by atoms with Crippen LogP contribution < -0.4 is 0 Å². The number of esters is 1. The predicted octanol–water partition coefficient (Wildman–Crippen LogP) is 3.46. The van der Waals surface area contributed by atoms with Crippen molar-refractivity contribution in [2.45, 2.75) is 37.4 Å². The summed E-state index contributed by atoms with van der Waals surface area (Å²) in [6, 6.07) is 16.1. The van der Waals surface area contributed by atoms with Gasteiger partial charge in [-0.1, -0.05) is 54.6 Å². The number of carbonyl (C=O) groups excluding carboxylic acids is 1. The molecule has 5 rings (SSSR count). The Morgan fingerprint density at radius 3 is 2.31 bits per heavy atom. The van der Waals surface area contributed by atoms with Gasteiger partial charge >= 0.3 is 5.97 Å². The molecule has 0 amide bonds. The molecule has 154 valence electrons. The lowest BCUT2D eigenvalue weighted by Gasteiger charge is -2.44. The number of alkyl halides is 1. The van der Waals surface area contributed by atoms with Crippen LogP contribution in [0.3, 0.4) is 0 Å². The standard InChI is InChI=1S/C24H28FNO3/c25-14-4-5-18-8-10-21(11-9-18)24(28,20-6-2-1-3-7-20)23(27)29-22-17-26-15-12-19(22)13-16-26/h1-3,6-11,19,22,28H,4-5,12-17H2/t22-,24-/m0/s1. The van der Waals surface area contributed by atoms with E-state index >= 15 is 0 Å². The molecule has 0 aromatic heterocycles. The van der Waals surface area contributed by atoms with Crippen LogP contribution in [0.1, 0.15) is 36.0 Å². The first-order valence-corrected chi connectivity index (χ1v) is 10.5. The quantitative estimate of drug-likeness (QED) is 0.727. The third kappa shape index (κ3) is 4.07. The number of halogens is 1. The normalized spacial score (nSPS) is 25.4. The number of carbonyl (C=O) groups is 1. The molecular formula is C24H28FNO3. The van der Waals surface area contributed by atoms with Crippen molar-refractivity contribution in [2.24, 2.45) is 5.92 Å². The number of fused-ring (bicyclic) bond motifs is 3. The molecule has 5 heteroatoms. The van der Waals surface area contributed by atoms with Crippen molar-refractivity contribution in [3.8, 4) is 0 Å². The maximum atomic E-state index is 13.3. The second kappa shape index (κ2) is 8.64. The average Bonchev–Trinajstić information content (AvgIpc) is 2.79. The van der Waals surface area contributed by atoms with Gasteiger partial charge in [0, 0.05) is 6.54 Å².